The Morgan fingerprint density at radius 2 is 1.83 bits per heavy atom. The number of aliphatic hydroxyl groups is 3. The molecule has 0 rings (SSSR count). The van der Waals surface area contributed by atoms with Crippen LogP contribution in [0.15, 0.2) is 0 Å². The van der Waals surface area contributed by atoms with Crippen molar-refractivity contribution in [2.45, 2.75) is 18.5 Å². The second-order valence-electron chi connectivity index (χ2n) is 2.01. The molecule has 0 saturated heterocycles. The van der Waals surface area contributed by atoms with E-state index in [1.165, 1.54) is 0 Å². The standard InChI is InChI=1S/C6H10O6/c7-1-4(2-8)12-6(11)5(10)3-9/h1,3-6,8,10-11H,2H2/t4?,5?,6-/m1/s1. The third-order valence-electron chi connectivity index (χ3n) is 1.08. The van der Waals surface area contributed by atoms with E-state index in [0.29, 0.717) is 0 Å². The SMILES string of the molecule is O=CC(CO)O[C@@H](O)C(O)C=O. The van der Waals surface area contributed by atoms with Crippen LogP contribution in [0.5, 0.6) is 0 Å². The number of hydrogen-bond donors (Lipinski definition) is 3. The summed E-state index contributed by atoms with van der Waals surface area (Å²) in [6.45, 7) is -0.619. The van der Waals surface area contributed by atoms with Crippen LogP contribution in [0.2, 0.25) is 0 Å². The topological polar surface area (TPSA) is 104 Å². The molecule has 0 aliphatic rings. The highest BCUT2D eigenvalue weighted by Crippen LogP contribution is 1.97. The molecule has 70 valence electrons. The van der Waals surface area contributed by atoms with Crippen molar-refractivity contribution in [2.75, 3.05) is 6.61 Å². The second kappa shape index (κ2) is 5.78. The van der Waals surface area contributed by atoms with Gasteiger partial charge in [-0.15, -0.1) is 0 Å². The van der Waals surface area contributed by atoms with E-state index in [0.717, 1.165) is 0 Å². The van der Waals surface area contributed by atoms with E-state index >= 15 is 0 Å². The fraction of sp³-hybridized carbons (Fsp3) is 0.667. The van der Waals surface area contributed by atoms with E-state index in [2.05, 4.69) is 4.74 Å². The van der Waals surface area contributed by atoms with Gasteiger partial charge in [0.25, 0.3) is 0 Å². The zero-order valence-electron chi connectivity index (χ0n) is 6.16. The average Bonchev–Trinajstić information content (AvgIpc) is 2.12. The van der Waals surface area contributed by atoms with E-state index in [9.17, 15) is 9.59 Å². The third-order valence-corrected chi connectivity index (χ3v) is 1.08. The quantitative estimate of drug-likeness (QED) is 0.305. The van der Waals surface area contributed by atoms with Crippen molar-refractivity contribution in [3.8, 4) is 0 Å². The first-order valence-corrected chi connectivity index (χ1v) is 3.18. The van der Waals surface area contributed by atoms with Crippen molar-refractivity contribution < 1.29 is 29.6 Å². The van der Waals surface area contributed by atoms with Gasteiger partial charge in [-0.05, 0) is 0 Å². The van der Waals surface area contributed by atoms with Gasteiger partial charge < -0.3 is 29.6 Å². The molecule has 0 spiro atoms. The highest BCUT2D eigenvalue weighted by atomic mass is 16.6. The van der Waals surface area contributed by atoms with Crippen molar-refractivity contribution in [2.24, 2.45) is 0 Å². The molecule has 0 fully saturated rings. The van der Waals surface area contributed by atoms with Crippen LogP contribution in [0.1, 0.15) is 0 Å². The molecule has 0 radical (unpaired) electrons. The molecule has 3 N–H and O–H groups in total. The van der Waals surface area contributed by atoms with Crippen LogP contribution < -0.4 is 0 Å². The lowest BCUT2D eigenvalue weighted by atomic mass is 10.3. The first-order valence-electron chi connectivity index (χ1n) is 3.18. The number of aliphatic hydroxyl groups excluding tert-OH is 3. The number of ether oxygens (including phenoxy) is 1. The third kappa shape index (κ3) is 3.54. The van der Waals surface area contributed by atoms with Crippen molar-refractivity contribution >= 4 is 12.6 Å². The molecule has 0 aromatic carbocycles. The van der Waals surface area contributed by atoms with Crippen LogP contribution in [0.3, 0.4) is 0 Å². The van der Waals surface area contributed by atoms with Gasteiger partial charge in [0.05, 0.1) is 6.61 Å². The van der Waals surface area contributed by atoms with Gasteiger partial charge in [0.15, 0.2) is 25.0 Å². The smallest absolute Gasteiger partial charge is 0.188 e. The average molecular weight is 178 g/mol. The number of aldehydes is 2. The van der Waals surface area contributed by atoms with Crippen LogP contribution >= 0.6 is 0 Å². The van der Waals surface area contributed by atoms with E-state index in [4.69, 9.17) is 15.3 Å². The molecule has 12 heavy (non-hydrogen) atoms. The molecule has 0 bridgehead atoms. The fourth-order valence-corrected chi connectivity index (χ4v) is 0.445. The largest absolute Gasteiger partial charge is 0.393 e. The number of rotatable bonds is 6. The summed E-state index contributed by atoms with van der Waals surface area (Å²) < 4.78 is 4.36. The van der Waals surface area contributed by atoms with Gasteiger partial charge >= 0.3 is 0 Å². The highest BCUT2D eigenvalue weighted by molar-refractivity contribution is 5.57. The first kappa shape index (κ1) is 11.2. The van der Waals surface area contributed by atoms with Gasteiger partial charge in [-0.3, -0.25) is 0 Å². The fourth-order valence-electron chi connectivity index (χ4n) is 0.445. The molecular weight excluding hydrogens is 168 g/mol. The lowest BCUT2D eigenvalue weighted by Gasteiger charge is -2.16. The van der Waals surface area contributed by atoms with Crippen molar-refractivity contribution in [3.05, 3.63) is 0 Å². The van der Waals surface area contributed by atoms with Crippen LogP contribution in [-0.2, 0) is 14.3 Å². The van der Waals surface area contributed by atoms with Gasteiger partial charge in [-0.2, -0.15) is 0 Å². The molecule has 0 saturated carbocycles. The molecular formula is C6H10O6. The summed E-state index contributed by atoms with van der Waals surface area (Å²) >= 11 is 0. The zero-order chi connectivity index (χ0) is 9.56. The monoisotopic (exact) mass is 178 g/mol. The summed E-state index contributed by atoms with van der Waals surface area (Å²) in [6, 6.07) is 0. The Hall–Kier alpha value is -0.820. The molecule has 0 aliphatic heterocycles. The number of hydrogen-bond acceptors (Lipinski definition) is 6. The van der Waals surface area contributed by atoms with Gasteiger partial charge in [0, 0.05) is 0 Å². The molecule has 6 heteroatoms. The minimum Gasteiger partial charge on any atom is -0.393 e. The Bertz CT molecular complexity index is 147. The van der Waals surface area contributed by atoms with Crippen LogP contribution in [0.4, 0.5) is 0 Å². The van der Waals surface area contributed by atoms with Gasteiger partial charge in [0.1, 0.15) is 6.10 Å². The molecule has 0 aromatic rings. The summed E-state index contributed by atoms with van der Waals surface area (Å²) in [5.41, 5.74) is 0. The zero-order valence-corrected chi connectivity index (χ0v) is 6.16. The van der Waals surface area contributed by atoms with Gasteiger partial charge in [-0.1, -0.05) is 0 Å². The summed E-state index contributed by atoms with van der Waals surface area (Å²) in [5.74, 6) is 0. The van der Waals surface area contributed by atoms with E-state index in [1.54, 1.807) is 0 Å². The summed E-state index contributed by atoms with van der Waals surface area (Å²) in [6.07, 6.45) is -4.41. The molecule has 0 aliphatic carbocycles. The maximum atomic E-state index is 10.0. The predicted molar refractivity (Wildman–Crippen MR) is 36.1 cm³/mol. The van der Waals surface area contributed by atoms with E-state index < -0.39 is 25.1 Å². The molecule has 2 unspecified atom stereocenters. The number of carbonyl (C=O) groups excluding carboxylic acids is 2. The Balaban J connectivity index is 3.87. The summed E-state index contributed by atoms with van der Waals surface area (Å²) in [5, 5.41) is 25.8. The first-order chi connectivity index (χ1) is 5.65. The highest BCUT2D eigenvalue weighted by Gasteiger charge is 2.19. The van der Waals surface area contributed by atoms with E-state index in [-0.39, 0.29) is 12.6 Å². The Morgan fingerprint density at radius 3 is 2.17 bits per heavy atom. The molecule has 0 amide bonds. The lowest BCUT2D eigenvalue weighted by Crippen LogP contribution is -2.35. The maximum Gasteiger partial charge on any atom is 0.188 e. The van der Waals surface area contributed by atoms with Crippen LogP contribution in [-0.4, -0.2) is 53.0 Å². The predicted octanol–water partition coefficient (Wildman–Crippen LogP) is -2.56. The second-order valence-corrected chi connectivity index (χ2v) is 2.01. The molecule has 0 heterocycles. The van der Waals surface area contributed by atoms with Gasteiger partial charge in [0.2, 0.25) is 0 Å². The Morgan fingerprint density at radius 1 is 1.25 bits per heavy atom. The molecule has 6 nitrogen and oxygen atoms in total. The Kier molecular flexibility index (Phi) is 5.39. The molecule has 0 aromatic heterocycles. The minimum atomic E-state index is -1.79. The van der Waals surface area contributed by atoms with E-state index in [1.807, 2.05) is 0 Å². The van der Waals surface area contributed by atoms with Crippen molar-refractivity contribution in [1.29, 1.82) is 0 Å². The lowest BCUT2D eigenvalue weighted by molar-refractivity contribution is -0.189. The van der Waals surface area contributed by atoms with Crippen molar-refractivity contribution in [1.82, 2.24) is 0 Å². The normalized spacial score (nSPS) is 17.9. The summed E-state index contributed by atoms with van der Waals surface area (Å²) in [7, 11) is 0. The maximum absolute atomic E-state index is 10.0. The molecule has 3 atom stereocenters. The Labute approximate surface area is 68.4 Å². The van der Waals surface area contributed by atoms with Crippen LogP contribution in [0.25, 0.3) is 0 Å². The van der Waals surface area contributed by atoms with Crippen molar-refractivity contribution in [3.63, 3.8) is 0 Å². The minimum absolute atomic E-state index is 0.0594. The van der Waals surface area contributed by atoms with Gasteiger partial charge in [-0.25, -0.2) is 0 Å². The summed E-state index contributed by atoms with van der Waals surface area (Å²) in [4.78, 5) is 19.9. The number of carbonyl (C=O) groups is 2. The van der Waals surface area contributed by atoms with Crippen LogP contribution in [0, 0.1) is 0 Å².